The summed E-state index contributed by atoms with van der Waals surface area (Å²) in [6.07, 6.45) is 5.48. The minimum Gasteiger partial charge on any atom is -0.460 e. The van der Waals surface area contributed by atoms with E-state index in [0.717, 1.165) is 10.9 Å². The number of ketones is 1. The molecule has 0 bridgehead atoms. The van der Waals surface area contributed by atoms with Crippen LogP contribution in [-0.4, -0.2) is 53.5 Å². The number of carbonyl (C=O) groups is 2. The summed E-state index contributed by atoms with van der Waals surface area (Å²) in [5.41, 5.74) is 3.29. The summed E-state index contributed by atoms with van der Waals surface area (Å²) >= 11 is 6.59. The molecule has 0 N–H and O–H groups in total. The first kappa shape index (κ1) is 25.8. The summed E-state index contributed by atoms with van der Waals surface area (Å²) in [4.78, 5) is 33.1. The molecule has 4 aromatic rings. The maximum atomic E-state index is 14.9. The monoisotopic (exact) mass is 531 g/mol. The molecule has 194 valence electrons. The van der Waals surface area contributed by atoms with Crippen molar-refractivity contribution >= 4 is 50.7 Å². The normalized spacial score (nSPS) is 13.5. The van der Waals surface area contributed by atoms with Gasteiger partial charge in [0.1, 0.15) is 23.3 Å². The predicted octanol–water partition coefficient (Wildman–Crippen LogP) is 5.97. The summed E-state index contributed by atoms with van der Waals surface area (Å²) < 4.78 is 22.3. The number of esters is 1. The highest BCUT2D eigenvalue weighted by Gasteiger charge is 2.30. The molecule has 0 aliphatic heterocycles. The van der Waals surface area contributed by atoms with Gasteiger partial charge in [-0.2, -0.15) is 0 Å². The van der Waals surface area contributed by atoms with Crippen molar-refractivity contribution in [3.8, 4) is 0 Å². The van der Waals surface area contributed by atoms with Crippen molar-refractivity contribution in [3.63, 3.8) is 0 Å². The Morgan fingerprint density at radius 3 is 2.76 bits per heavy atom. The number of hydrogen-bond acceptors (Lipinski definition) is 5. The lowest BCUT2D eigenvalue weighted by atomic mass is 9.93. The summed E-state index contributed by atoms with van der Waals surface area (Å²) in [5, 5.41) is 1.77. The highest BCUT2D eigenvalue weighted by molar-refractivity contribution is 6.30. The zero-order valence-corrected chi connectivity index (χ0v) is 22.2. The molecule has 0 saturated carbocycles. The van der Waals surface area contributed by atoms with E-state index in [1.807, 2.05) is 49.3 Å². The van der Waals surface area contributed by atoms with Gasteiger partial charge in [0.25, 0.3) is 0 Å². The maximum absolute atomic E-state index is 14.9. The van der Waals surface area contributed by atoms with Crippen LogP contribution in [0.1, 0.15) is 33.6 Å². The molecule has 0 fully saturated rings. The van der Waals surface area contributed by atoms with Crippen molar-refractivity contribution in [1.29, 1.82) is 0 Å². The second kappa shape index (κ2) is 10.5. The van der Waals surface area contributed by atoms with Gasteiger partial charge in [0, 0.05) is 40.4 Å². The minimum absolute atomic E-state index is 0.124. The molecule has 0 saturated heterocycles. The van der Waals surface area contributed by atoms with E-state index < -0.39 is 11.8 Å². The molecule has 0 amide bonds. The molecule has 0 radical (unpaired) electrons. The largest absolute Gasteiger partial charge is 0.460 e. The van der Waals surface area contributed by atoms with Gasteiger partial charge in [-0.1, -0.05) is 48.0 Å². The third kappa shape index (κ3) is 4.87. The number of hydrogen-bond donors (Lipinski definition) is 0. The molecule has 2 heterocycles. The summed E-state index contributed by atoms with van der Waals surface area (Å²) in [5.74, 6) is -1.13. The third-order valence-electron chi connectivity index (χ3n) is 6.66. The average molecular weight is 532 g/mol. The Morgan fingerprint density at radius 1 is 1.21 bits per heavy atom. The maximum Gasteiger partial charge on any atom is 0.355 e. The van der Waals surface area contributed by atoms with E-state index in [0.29, 0.717) is 39.7 Å². The number of pyridine rings is 1. The second-order valence-electron chi connectivity index (χ2n) is 9.63. The standard InChI is InChI=1S/C30H27ClFN3O3/c1-18-14-22-25(16-23(18)32)35(17-20-15-19-8-4-6-10-24(19)33-29(20)31)28(30(37)38-13-12-34(2)3)27(22)21-9-5-7-11-26(21)36/h4-10,14-16H,11-13,17H2,1-3H3. The first-order valence-electron chi connectivity index (χ1n) is 12.3. The number of aryl methyl sites for hydroxylation is 1. The smallest absolute Gasteiger partial charge is 0.355 e. The van der Waals surface area contributed by atoms with Gasteiger partial charge in [-0.05, 0) is 50.8 Å². The number of ether oxygens (including phenoxy) is 1. The van der Waals surface area contributed by atoms with Gasteiger partial charge < -0.3 is 14.2 Å². The number of aromatic nitrogens is 2. The fraction of sp³-hybridized carbons (Fsp3) is 0.233. The van der Waals surface area contributed by atoms with Crippen LogP contribution in [0.3, 0.4) is 0 Å². The van der Waals surface area contributed by atoms with Gasteiger partial charge in [0.05, 0.1) is 17.6 Å². The topological polar surface area (TPSA) is 64.4 Å². The van der Waals surface area contributed by atoms with Crippen molar-refractivity contribution < 1.29 is 18.7 Å². The highest BCUT2D eigenvalue weighted by atomic mass is 35.5. The number of likely N-dealkylation sites (N-methyl/N-ethyl adjacent to an activating group) is 1. The lowest BCUT2D eigenvalue weighted by Crippen LogP contribution is -2.22. The van der Waals surface area contributed by atoms with E-state index in [1.165, 1.54) is 6.07 Å². The van der Waals surface area contributed by atoms with Gasteiger partial charge in [-0.3, -0.25) is 4.79 Å². The van der Waals surface area contributed by atoms with E-state index in [9.17, 15) is 14.0 Å². The van der Waals surface area contributed by atoms with E-state index in [4.69, 9.17) is 16.3 Å². The van der Waals surface area contributed by atoms with Crippen LogP contribution in [0, 0.1) is 12.7 Å². The quantitative estimate of drug-likeness (QED) is 0.217. The predicted molar refractivity (Wildman–Crippen MR) is 148 cm³/mol. The van der Waals surface area contributed by atoms with Crippen molar-refractivity contribution in [2.75, 3.05) is 27.2 Å². The fourth-order valence-electron chi connectivity index (χ4n) is 4.70. The first-order chi connectivity index (χ1) is 18.2. The molecule has 8 heteroatoms. The summed E-state index contributed by atoms with van der Waals surface area (Å²) in [6, 6.07) is 12.6. The molecule has 0 unspecified atom stereocenters. The number of halogens is 2. The lowest BCUT2D eigenvalue weighted by molar-refractivity contribution is -0.113. The van der Waals surface area contributed by atoms with Crippen molar-refractivity contribution in [2.24, 2.45) is 0 Å². The molecule has 38 heavy (non-hydrogen) atoms. The van der Waals surface area contributed by atoms with Gasteiger partial charge in [-0.15, -0.1) is 0 Å². The van der Waals surface area contributed by atoms with Crippen LogP contribution in [0.25, 0.3) is 27.4 Å². The molecule has 1 aliphatic carbocycles. The first-order valence-corrected chi connectivity index (χ1v) is 12.7. The second-order valence-corrected chi connectivity index (χ2v) is 9.99. The van der Waals surface area contributed by atoms with Crippen molar-refractivity contribution in [1.82, 2.24) is 14.5 Å². The SMILES string of the molecule is Cc1cc2c(C3=CC=CCC3=O)c(C(=O)OCCN(C)C)n(Cc3cc4ccccc4nc3Cl)c2cc1F. The van der Waals surface area contributed by atoms with E-state index in [1.54, 1.807) is 35.8 Å². The van der Waals surface area contributed by atoms with Gasteiger partial charge in [-0.25, -0.2) is 14.2 Å². The van der Waals surface area contributed by atoms with Crippen molar-refractivity contribution in [3.05, 3.63) is 94.0 Å². The molecule has 0 spiro atoms. The average Bonchev–Trinajstić information content (AvgIpc) is 3.17. The van der Waals surface area contributed by atoms with Crippen LogP contribution in [0.15, 0.2) is 60.7 Å². The molecule has 2 aromatic heterocycles. The number of para-hydroxylation sites is 1. The zero-order valence-electron chi connectivity index (χ0n) is 21.4. The van der Waals surface area contributed by atoms with Gasteiger partial charge >= 0.3 is 5.97 Å². The highest BCUT2D eigenvalue weighted by Crippen LogP contribution is 2.37. The summed E-state index contributed by atoms with van der Waals surface area (Å²) in [6.45, 7) is 2.47. The number of benzene rings is 2. The van der Waals surface area contributed by atoms with E-state index >= 15 is 0 Å². The van der Waals surface area contributed by atoms with E-state index in [-0.39, 0.29) is 36.2 Å². The number of rotatable bonds is 7. The number of carbonyl (C=O) groups excluding carboxylic acids is 2. The van der Waals surface area contributed by atoms with Crippen LogP contribution < -0.4 is 0 Å². The Balaban J connectivity index is 1.76. The summed E-state index contributed by atoms with van der Waals surface area (Å²) in [7, 11) is 3.77. The molecule has 6 nitrogen and oxygen atoms in total. The lowest BCUT2D eigenvalue weighted by Gasteiger charge is -2.16. The van der Waals surface area contributed by atoms with Gasteiger partial charge in [0.15, 0.2) is 5.78 Å². The molecule has 0 atom stereocenters. The number of allylic oxidation sites excluding steroid dienone is 4. The van der Waals surface area contributed by atoms with Crippen LogP contribution in [0.4, 0.5) is 4.39 Å². The zero-order chi connectivity index (χ0) is 27.0. The molecular formula is C30H27ClFN3O3. The van der Waals surface area contributed by atoms with Crippen LogP contribution in [-0.2, 0) is 16.1 Å². The molecular weight excluding hydrogens is 505 g/mol. The Bertz CT molecular complexity index is 1650. The van der Waals surface area contributed by atoms with Crippen LogP contribution in [0.2, 0.25) is 5.15 Å². The number of Topliss-reactive ketones (excluding diaryl/α,β-unsaturated/α-hetero) is 1. The third-order valence-corrected chi connectivity index (χ3v) is 6.99. The molecule has 1 aliphatic rings. The van der Waals surface area contributed by atoms with Crippen LogP contribution in [0.5, 0.6) is 0 Å². The Kier molecular flexibility index (Phi) is 7.15. The van der Waals surface area contributed by atoms with Gasteiger partial charge in [0.2, 0.25) is 0 Å². The Hall–Kier alpha value is -3.81. The number of nitrogens with zero attached hydrogens (tertiary/aromatic N) is 3. The van der Waals surface area contributed by atoms with E-state index in [2.05, 4.69) is 4.98 Å². The molecule has 2 aromatic carbocycles. The minimum atomic E-state index is -0.593. The fourth-order valence-corrected chi connectivity index (χ4v) is 4.90. The van der Waals surface area contributed by atoms with Crippen LogP contribution >= 0.6 is 11.6 Å². The molecule has 5 rings (SSSR count). The van der Waals surface area contributed by atoms with Crippen molar-refractivity contribution in [2.45, 2.75) is 19.9 Å². The Labute approximate surface area is 225 Å². The Morgan fingerprint density at radius 2 is 2.00 bits per heavy atom. The number of fused-ring (bicyclic) bond motifs is 2.